The van der Waals surface area contributed by atoms with Crippen molar-refractivity contribution >= 4 is 5.91 Å². The van der Waals surface area contributed by atoms with Crippen LogP contribution in [-0.2, 0) is 11.3 Å². The highest BCUT2D eigenvalue weighted by Crippen LogP contribution is 2.23. The molecule has 0 bridgehead atoms. The van der Waals surface area contributed by atoms with Crippen LogP contribution < -0.4 is 4.74 Å². The minimum absolute atomic E-state index is 0.0370. The van der Waals surface area contributed by atoms with Gasteiger partial charge in [-0.15, -0.1) is 0 Å². The Morgan fingerprint density at radius 1 is 1.22 bits per heavy atom. The Kier molecular flexibility index (Phi) is 5.74. The van der Waals surface area contributed by atoms with E-state index < -0.39 is 5.82 Å². The van der Waals surface area contributed by atoms with Crippen LogP contribution in [0.25, 0.3) is 0 Å². The number of amides is 1. The van der Waals surface area contributed by atoms with Gasteiger partial charge in [-0.2, -0.15) is 0 Å². The number of rotatable bonds is 6. The Hall–Kier alpha value is -2.36. The molecule has 0 radical (unpaired) electrons. The molecule has 2 rings (SSSR count). The normalized spacial score (nSPS) is 11.8. The SMILES string of the molecule is CCC(C(=O)N(C)Cc1ccc(OC)c(F)c1)c1ccccc1. The molecule has 1 atom stereocenters. The molecule has 0 saturated heterocycles. The van der Waals surface area contributed by atoms with Crippen LogP contribution >= 0.6 is 0 Å². The molecule has 2 aromatic carbocycles. The molecule has 0 aromatic heterocycles. The second kappa shape index (κ2) is 7.77. The van der Waals surface area contributed by atoms with Crippen molar-refractivity contribution < 1.29 is 13.9 Å². The number of hydrogen-bond donors (Lipinski definition) is 0. The maximum absolute atomic E-state index is 13.8. The predicted molar refractivity (Wildman–Crippen MR) is 88.9 cm³/mol. The molecule has 122 valence electrons. The molecule has 4 heteroatoms. The minimum Gasteiger partial charge on any atom is -0.494 e. The van der Waals surface area contributed by atoms with Crippen molar-refractivity contribution in [3.8, 4) is 5.75 Å². The predicted octanol–water partition coefficient (Wildman–Crippen LogP) is 3.99. The molecule has 0 fully saturated rings. The van der Waals surface area contributed by atoms with Gasteiger partial charge in [0.15, 0.2) is 11.6 Å². The lowest BCUT2D eigenvalue weighted by molar-refractivity contribution is -0.132. The van der Waals surface area contributed by atoms with Crippen molar-refractivity contribution in [1.29, 1.82) is 0 Å². The first kappa shape index (κ1) is 17.0. The molecule has 0 spiro atoms. The summed E-state index contributed by atoms with van der Waals surface area (Å²) in [6.07, 6.45) is 0.726. The van der Waals surface area contributed by atoms with E-state index in [9.17, 15) is 9.18 Å². The summed E-state index contributed by atoms with van der Waals surface area (Å²) in [6.45, 7) is 2.36. The second-order valence-electron chi connectivity index (χ2n) is 5.53. The number of likely N-dealkylation sites (N-methyl/N-ethyl adjacent to an activating group) is 1. The smallest absolute Gasteiger partial charge is 0.230 e. The largest absolute Gasteiger partial charge is 0.494 e. The van der Waals surface area contributed by atoms with Crippen molar-refractivity contribution in [1.82, 2.24) is 4.90 Å². The van der Waals surface area contributed by atoms with Crippen LogP contribution in [0.15, 0.2) is 48.5 Å². The maximum Gasteiger partial charge on any atom is 0.230 e. The van der Waals surface area contributed by atoms with Gasteiger partial charge in [0.2, 0.25) is 5.91 Å². The summed E-state index contributed by atoms with van der Waals surface area (Å²) < 4.78 is 18.7. The molecular formula is C19H22FNO2. The minimum atomic E-state index is -0.416. The van der Waals surface area contributed by atoms with E-state index in [1.165, 1.54) is 13.2 Å². The number of carbonyl (C=O) groups excluding carboxylic acids is 1. The van der Waals surface area contributed by atoms with Gasteiger partial charge in [-0.3, -0.25) is 4.79 Å². The van der Waals surface area contributed by atoms with E-state index in [4.69, 9.17) is 4.74 Å². The van der Waals surface area contributed by atoms with Gasteiger partial charge < -0.3 is 9.64 Å². The molecule has 3 nitrogen and oxygen atoms in total. The number of ether oxygens (including phenoxy) is 1. The number of hydrogen-bond acceptors (Lipinski definition) is 2. The Bertz CT molecular complexity index is 658. The first-order chi connectivity index (χ1) is 11.1. The highest BCUT2D eigenvalue weighted by molar-refractivity contribution is 5.83. The topological polar surface area (TPSA) is 29.5 Å². The van der Waals surface area contributed by atoms with Crippen molar-refractivity contribution in [2.45, 2.75) is 25.8 Å². The van der Waals surface area contributed by atoms with Gasteiger partial charge in [0.05, 0.1) is 13.0 Å². The number of nitrogens with zero attached hydrogens (tertiary/aromatic N) is 1. The Balaban J connectivity index is 2.11. The second-order valence-corrected chi connectivity index (χ2v) is 5.53. The lowest BCUT2D eigenvalue weighted by Crippen LogP contribution is -2.31. The van der Waals surface area contributed by atoms with E-state index >= 15 is 0 Å². The molecular weight excluding hydrogens is 293 g/mol. The molecule has 0 aliphatic carbocycles. The van der Waals surface area contributed by atoms with Crippen LogP contribution in [-0.4, -0.2) is 25.0 Å². The Morgan fingerprint density at radius 2 is 1.91 bits per heavy atom. The number of methoxy groups -OCH3 is 1. The van der Waals surface area contributed by atoms with E-state index in [1.807, 2.05) is 37.3 Å². The van der Waals surface area contributed by atoms with Crippen LogP contribution in [0.2, 0.25) is 0 Å². The van der Waals surface area contributed by atoms with Crippen molar-refractivity contribution in [3.05, 3.63) is 65.5 Å². The third-order valence-corrected chi connectivity index (χ3v) is 3.92. The van der Waals surface area contributed by atoms with Gasteiger partial charge in [-0.05, 0) is 29.7 Å². The first-order valence-corrected chi connectivity index (χ1v) is 7.69. The van der Waals surface area contributed by atoms with E-state index in [-0.39, 0.29) is 17.6 Å². The zero-order valence-corrected chi connectivity index (χ0v) is 13.8. The summed E-state index contributed by atoms with van der Waals surface area (Å²) in [4.78, 5) is 14.3. The molecule has 0 aliphatic rings. The fourth-order valence-electron chi connectivity index (χ4n) is 2.66. The summed E-state index contributed by atoms with van der Waals surface area (Å²) in [5.41, 5.74) is 1.75. The van der Waals surface area contributed by atoms with E-state index in [0.717, 1.165) is 17.5 Å². The molecule has 23 heavy (non-hydrogen) atoms. The molecule has 0 saturated carbocycles. The van der Waals surface area contributed by atoms with Crippen molar-refractivity contribution in [3.63, 3.8) is 0 Å². The van der Waals surface area contributed by atoms with Crippen LogP contribution in [0.3, 0.4) is 0 Å². The highest BCUT2D eigenvalue weighted by Gasteiger charge is 2.22. The van der Waals surface area contributed by atoms with Crippen LogP contribution in [0.5, 0.6) is 5.75 Å². The summed E-state index contributed by atoms with van der Waals surface area (Å²) in [6, 6.07) is 14.5. The van der Waals surface area contributed by atoms with Crippen molar-refractivity contribution in [2.24, 2.45) is 0 Å². The van der Waals surface area contributed by atoms with E-state index in [2.05, 4.69) is 0 Å². The number of carbonyl (C=O) groups is 1. The number of benzene rings is 2. The van der Waals surface area contributed by atoms with E-state index in [0.29, 0.717) is 6.54 Å². The summed E-state index contributed by atoms with van der Waals surface area (Å²) in [5.74, 6) is -0.348. The van der Waals surface area contributed by atoms with Gasteiger partial charge in [-0.25, -0.2) is 4.39 Å². The van der Waals surface area contributed by atoms with Gasteiger partial charge >= 0.3 is 0 Å². The summed E-state index contributed by atoms with van der Waals surface area (Å²) >= 11 is 0. The van der Waals surface area contributed by atoms with Gasteiger partial charge in [0.25, 0.3) is 0 Å². The van der Waals surface area contributed by atoms with Crippen LogP contribution in [0, 0.1) is 5.82 Å². The Morgan fingerprint density at radius 3 is 2.48 bits per heavy atom. The Labute approximate surface area is 136 Å². The average Bonchev–Trinajstić information content (AvgIpc) is 2.56. The highest BCUT2D eigenvalue weighted by atomic mass is 19.1. The zero-order valence-electron chi connectivity index (χ0n) is 13.8. The molecule has 1 unspecified atom stereocenters. The lowest BCUT2D eigenvalue weighted by atomic mass is 9.95. The quantitative estimate of drug-likeness (QED) is 0.807. The molecule has 0 N–H and O–H groups in total. The van der Waals surface area contributed by atoms with Crippen LogP contribution in [0.4, 0.5) is 4.39 Å². The zero-order chi connectivity index (χ0) is 16.8. The molecule has 0 aliphatic heterocycles. The van der Waals surface area contributed by atoms with Gasteiger partial charge in [-0.1, -0.05) is 43.3 Å². The summed E-state index contributed by atoms with van der Waals surface area (Å²) in [7, 11) is 3.18. The molecule has 1 amide bonds. The third-order valence-electron chi connectivity index (χ3n) is 3.92. The monoisotopic (exact) mass is 315 g/mol. The molecule has 0 heterocycles. The first-order valence-electron chi connectivity index (χ1n) is 7.69. The standard InChI is InChI=1S/C19H22FNO2/c1-4-16(15-8-6-5-7-9-15)19(22)21(2)13-14-10-11-18(23-3)17(20)12-14/h5-12,16H,4,13H2,1-3H3. The average molecular weight is 315 g/mol. The number of halogens is 1. The fourth-order valence-corrected chi connectivity index (χ4v) is 2.66. The van der Waals surface area contributed by atoms with Crippen LogP contribution in [0.1, 0.15) is 30.4 Å². The fraction of sp³-hybridized carbons (Fsp3) is 0.316. The van der Waals surface area contributed by atoms with E-state index in [1.54, 1.807) is 24.1 Å². The lowest BCUT2D eigenvalue weighted by Gasteiger charge is -2.23. The summed E-state index contributed by atoms with van der Waals surface area (Å²) in [5, 5.41) is 0. The third kappa shape index (κ3) is 4.09. The maximum atomic E-state index is 13.8. The van der Waals surface area contributed by atoms with Gasteiger partial charge in [0.1, 0.15) is 0 Å². The van der Waals surface area contributed by atoms with Gasteiger partial charge in [0, 0.05) is 13.6 Å². The molecule has 2 aromatic rings. The van der Waals surface area contributed by atoms with Crippen molar-refractivity contribution in [2.75, 3.05) is 14.2 Å².